The van der Waals surface area contributed by atoms with Crippen LogP contribution in [0.3, 0.4) is 0 Å². The molecule has 3 heterocycles. The molecule has 1 aliphatic heterocycles. The van der Waals surface area contributed by atoms with Crippen molar-refractivity contribution in [2.24, 2.45) is 5.73 Å². The molecule has 2 aromatic rings. The van der Waals surface area contributed by atoms with Crippen molar-refractivity contribution >= 4 is 30.8 Å². The number of phosphoric acid groups is 1. The number of aliphatic carboxylic acids is 1. The summed E-state index contributed by atoms with van der Waals surface area (Å²) >= 11 is 0. The molecule has 1 unspecified atom stereocenters. The van der Waals surface area contributed by atoms with Crippen molar-refractivity contribution in [1.29, 1.82) is 0 Å². The molecular formula is C16H24N6O9P-. The van der Waals surface area contributed by atoms with Gasteiger partial charge in [0, 0.05) is 0 Å². The first-order valence-electron chi connectivity index (χ1n) is 9.34. The first-order chi connectivity index (χ1) is 14.7. The van der Waals surface area contributed by atoms with Crippen molar-refractivity contribution < 1.29 is 43.4 Å². The summed E-state index contributed by atoms with van der Waals surface area (Å²) in [5.74, 6) is -1.59. The number of rotatable bonds is 8. The van der Waals surface area contributed by atoms with Gasteiger partial charge in [-0.1, -0.05) is 0 Å². The van der Waals surface area contributed by atoms with Crippen LogP contribution in [0.15, 0.2) is 12.7 Å². The fraction of sp³-hybridized carbons (Fsp3) is 0.625. The number of ether oxygens (including phenoxy) is 1. The second-order valence-corrected chi connectivity index (χ2v) is 9.21. The minimum absolute atomic E-state index is 0.0961. The number of carbonyl (C=O) groups is 1. The van der Waals surface area contributed by atoms with Crippen molar-refractivity contribution in [3.63, 3.8) is 0 Å². The van der Waals surface area contributed by atoms with Crippen molar-refractivity contribution in [2.75, 3.05) is 12.3 Å². The van der Waals surface area contributed by atoms with E-state index < -0.39 is 56.1 Å². The predicted molar refractivity (Wildman–Crippen MR) is 104 cm³/mol. The van der Waals surface area contributed by atoms with E-state index in [0.29, 0.717) is 0 Å². The molecule has 15 nitrogen and oxygen atoms in total. The van der Waals surface area contributed by atoms with E-state index in [1.807, 2.05) is 0 Å². The minimum Gasteiger partial charge on any atom is -0.548 e. The second-order valence-electron chi connectivity index (χ2n) is 7.80. The van der Waals surface area contributed by atoms with Gasteiger partial charge in [-0.3, -0.25) is 13.6 Å². The molecule has 16 heteroatoms. The summed E-state index contributed by atoms with van der Waals surface area (Å²) in [6.45, 7) is 3.21. The molecular weight excluding hydrogens is 451 g/mol. The number of aliphatic hydroxyl groups excluding tert-OH is 2. The maximum Gasteiger partial charge on any atom is 0.472 e. The van der Waals surface area contributed by atoms with Crippen LogP contribution in [0.1, 0.15) is 20.8 Å². The van der Waals surface area contributed by atoms with Gasteiger partial charge in [0.25, 0.3) is 0 Å². The summed E-state index contributed by atoms with van der Waals surface area (Å²) in [6, 6.07) is -1.68. The lowest BCUT2D eigenvalue weighted by Gasteiger charge is -2.32. The van der Waals surface area contributed by atoms with E-state index in [4.69, 9.17) is 25.3 Å². The van der Waals surface area contributed by atoms with Crippen LogP contribution in [0.25, 0.3) is 11.2 Å². The van der Waals surface area contributed by atoms with Crippen molar-refractivity contribution in [2.45, 2.75) is 56.5 Å². The van der Waals surface area contributed by atoms with Crippen LogP contribution in [0.5, 0.6) is 0 Å². The molecule has 1 fully saturated rings. The molecule has 0 saturated carbocycles. The van der Waals surface area contributed by atoms with Crippen LogP contribution in [0, 0.1) is 0 Å². The van der Waals surface area contributed by atoms with Crippen LogP contribution in [0.4, 0.5) is 5.82 Å². The maximum atomic E-state index is 12.2. The minimum atomic E-state index is -4.83. The van der Waals surface area contributed by atoms with E-state index in [1.165, 1.54) is 31.1 Å². The number of nitrogens with two attached hydrogens (primary N) is 2. The molecule has 1 saturated heterocycles. The summed E-state index contributed by atoms with van der Waals surface area (Å²) in [7, 11) is -4.83. The molecule has 7 N–H and O–H groups in total. The summed E-state index contributed by atoms with van der Waals surface area (Å²) in [5.41, 5.74) is 8.21. The van der Waals surface area contributed by atoms with Crippen LogP contribution < -0.4 is 16.6 Å². The van der Waals surface area contributed by atoms with Crippen molar-refractivity contribution in [3.8, 4) is 0 Å². The zero-order valence-electron chi connectivity index (χ0n) is 17.4. The van der Waals surface area contributed by atoms with E-state index in [-0.39, 0.29) is 17.0 Å². The number of aromatic nitrogens is 4. The summed E-state index contributed by atoms with van der Waals surface area (Å²) < 4.78 is 29.1. The number of aliphatic hydroxyl groups is 2. The smallest absolute Gasteiger partial charge is 0.472 e. The topological polar surface area (TPSA) is 241 Å². The Morgan fingerprint density at radius 2 is 2.03 bits per heavy atom. The first kappa shape index (κ1) is 24.4. The third-order valence-electron chi connectivity index (χ3n) is 5.35. The number of carboxylic acids is 1. The lowest BCUT2D eigenvalue weighted by molar-refractivity contribution is -0.309. The van der Waals surface area contributed by atoms with Crippen molar-refractivity contribution in [1.82, 2.24) is 19.5 Å². The predicted octanol–water partition coefficient (Wildman–Crippen LogP) is -2.81. The zero-order chi connectivity index (χ0) is 24.1. The number of carbonyl (C=O) groups excluding carboxylic acids is 1. The van der Waals surface area contributed by atoms with E-state index in [2.05, 4.69) is 15.0 Å². The second kappa shape index (κ2) is 8.28. The van der Waals surface area contributed by atoms with E-state index in [9.17, 15) is 29.6 Å². The van der Waals surface area contributed by atoms with Gasteiger partial charge in [0.05, 0.1) is 31.0 Å². The van der Waals surface area contributed by atoms with Gasteiger partial charge >= 0.3 is 7.82 Å². The Balaban J connectivity index is 1.81. The Morgan fingerprint density at radius 1 is 1.38 bits per heavy atom. The third kappa shape index (κ3) is 4.21. The number of anilines is 1. The molecule has 7 atom stereocenters. The molecule has 1 aliphatic rings. The number of imidazole rings is 1. The monoisotopic (exact) mass is 475 g/mol. The molecule has 178 valence electrons. The average Bonchev–Trinajstić information content (AvgIpc) is 3.22. The standard InChI is InChI=1S/C16H25N6O9P/c1-7(8(17)14(25)26)30-32(27,28)29-4-15(2)10(23)11(24)16(3,31-15)22-6-21-9-12(18)19-5-20-13(9)22/h5-8,10-11,23-24H,4,17H2,1-3H3,(H,25,26)(H,27,28)(H2,18,19,20)/p-1/t7-,8+,10+,11-,15-,16-/m1/s1. The Hall–Kier alpha value is -2.23. The highest BCUT2D eigenvalue weighted by Crippen LogP contribution is 2.49. The van der Waals surface area contributed by atoms with Gasteiger partial charge in [-0.25, -0.2) is 19.5 Å². The molecule has 2 aromatic heterocycles. The Morgan fingerprint density at radius 3 is 2.66 bits per heavy atom. The maximum absolute atomic E-state index is 12.2. The number of carboxylic acid groups (broad SMARTS) is 1. The third-order valence-corrected chi connectivity index (χ3v) is 6.40. The quantitative estimate of drug-likeness (QED) is 0.242. The number of hydrogen-bond donors (Lipinski definition) is 5. The highest BCUT2D eigenvalue weighted by Gasteiger charge is 2.60. The molecule has 0 spiro atoms. The largest absolute Gasteiger partial charge is 0.548 e. The molecule has 0 bridgehead atoms. The molecule has 3 rings (SSSR count). The molecule has 0 amide bonds. The van der Waals surface area contributed by atoms with Gasteiger partial charge < -0.3 is 41.2 Å². The van der Waals surface area contributed by atoms with Crippen LogP contribution in [0.2, 0.25) is 0 Å². The van der Waals surface area contributed by atoms with Crippen LogP contribution >= 0.6 is 7.82 Å². The Kier molecular flexibility index (Phi) is 6.32. The van der Waals surface area contributed by atoms with Gasteiger partial charge in [-0.15, -0.1) is 0 Å². The number of hydrogen-bond acceptors (Lipinski definition) is 13. The zero-order valence-corrected chi connectivity index (χ0v) is 18.2. The average molecular weight is 475 g/mol. The highest BCUT2D eigenvalue weighted by atomic mass is 31.2. The highest BCUT2D eigenvalue weighted by molar-refractivity contribution is 7.47. The Labute approximate surface area is 181 Å². The van der Waals surface area contributed by atoms with Gasteiger partial charge in [0.1, 0.15) is 29.7 Å². The van der Waals surface area contributed by atoms with Crippen LogP contribution in [-0.4, -0.2) is 77.2 Å². The van der Waals surface area contributed by atoms with Crippen molar-refractivity contribution in [3.05, 3.63) is 12.7 Å². The lowest BCUT2D eigenvalue weighted by atomic mass is 9.96. The van der Waals surface area contributed by atoms with Gasteiger partial charge in [0.2, 0.25) is 0 Å². The van der Waals surface area contributed by atoms with Gasteiger partial charge in [-0.05, 0) is 20.8 Å². The molecule has 0 aliphatic carbocycles. The SMILES string of the molecule is C[C@@H](OP(=O)(O)OC[C@@]1(C)O[C@@](C)(n2cnc3c(N)ncnc32)[C@H](O)[C@@H]1O)[C@H](N)C(=O)[O-]. The first-order valence-corrected chi connectivity index (χ1v) is 10.8. The lowest BCUT2D eigenvalue weighted by Crippen LogP contribution is -2.49. The summed E-state index contributed by atoms with van der Waals surface area (Å²) in [6.07, 6.45) is -2.07. The Bertz CT molecular complexity index is 1070. The number of nitrogen functional groups attached to an aromatic ring is 1. The van der Waals surface area contributed by atoms with E-state index >= 15 is 0 Å². The number of fused-ring (bicyclic) bond motifs is 1. The fourth-order valence-corrected chi connectivity index (χ4v) is 4.44. The van der Waals surface area contributed by atoms with Crippen LogP contribution in [-0.2, 0) is 28.9 Å². The number of nitrogens with zero attached hydrogens (tertiary/aromatic N) is 4. The molecule has 0 aromatic carbocycles. The summed E-state index contributed by atoms with van der Waals surface area (Å²) in [4.78, 5) is 32.7. The van der Waals surface area contributed by atoms with E-state index in [0.717, 1.165) is 6.92 Å². The van der Waals surface area contributed by atoms with Gasteiger partial charge in [0.15, 0.2) is 17.2 Å². The fourth-order valence-electron chi connectivity index (χ4n) is 3.41. The number of phosphoric ester groups is 1. The van der Waals surface area contributed by atoms with Gasteiger partial charge in [-0.2, -0.15) is 0 Å². The molecule has 32 heavy (non-hydrogen) atoms. The molecule has 0 radical (unpaired) electrons. The van der Waals surface area contributed by atoms with E-state index in [1.54, 1.807) is 0 Å². The normalized spacial score (nSPS) is 32.0. The summed E-state index contributed by atoms with van der Waals surface area (Å²) in [5, 5.41) is 32.2.